The fourth-order valence-electron chi connectivity index (χ4n) is 0.831. The second-order valence-electron chi connectivity index (χ2n) is 3.47. The summed E-state index contributed by atoms with van der Waals surface area (Å²) in [4.78, 5) is 15.7. The minimum Gasteiger partial charge on any atom is -0.320 e. The third kappa shape index (κ3) is 2.45. The largest absolute Gasteiger partial charge is 0.413 e. The lowest BCUT2D eigenvalue weighted by molar-refractivity contribution is -0.359. The summed E-state index contributed by atoms with van der Waals surface area (Å²) in [5.74, 6) is -20.5. The van der Waals surface area contributed by atoms with E-state index in [2.05, 4.69) is 0 Å². The first-order valence-electron chi connectivity index (χ1n) is 4.15. The molecule has 0 aliphatic carbocycles. The molecule has 0 aromatic rings. The standard InChI is InChI=1S/C6H6F9O3P/c1-2(7)3(8,9)4(10,11)5(12,13)6(14,15)19(16,17)18/h2H,1H3,(H2,16,17,18). The van der Waals surface area contributed by atoms with Crippen molar-refractivity contribution >= 4 is 7.60 Å². The average molecular weight is 328 g/mol. The molecule has 0 fully saturated rings. The van der Waals surface area contributed by atoms with Crippen LogP contribution in [0.1, 0.15) is 6.92 Å². The summed E-state index contributed by atoms with van der Waals surface area (Å²) in [6, 6.07) is 0. The molecule has 19 heavy (non-hydrogen) atoms. The highest BCUT2D eigenvalue weighted by molar-refractivity contribution is 7.53. The molecule has 0 saturated heterocycles. The first-order chi connectivity index (χ1) is 7.94. The molecule has 1 atom stereocenters. The highest BCUT2D eigenvalue weighted by Gasteiger charge is 2.86. The Balaban J connectivity index is 5.99. The third-order valence-electron chi connectivity index (χ3n) is 2.06. The summed E-state index contributed by atoms with van der Waals surface area (Å²) in [6.45, 7) is -0.306. The van der Waals surface area contributed by atoms with Crippen LogP contribution in [0, 0.1) is 0 Å². The molecule has 0 rings (SSSR count). The number of alkyl halides is 9. The summed E-state index contributed by atoms with van der Waals surface area (Å²) < 4.78 is 123. The van der Waals surface area contributed by atoms with Gasteiger partial charge in [-0.05, 0) is 6.92 Å². The molecule has 0 spiro atoms. The second kappa shape index (κ2) is 4.52. The van der Waals surface area contributed by atoms with Crippen LogP contribution in [-0.4, -0.2) is 39.4 Å². The van der Waals surface area contributed by atoms with Gasteiger partial charge in [-0.25, -0.2) is 4.39 Å². The quantitative estimate of drug-likeness (QED) is 0.602. The van der Waals surface area contributed by atoms with Crippen molar-refractivity contribution in [1.82, 2.24) is 0 Å². The SMILES string of the molecule is CC(F)C(F)(F)C(F)(F)C(F)(F)C(F)(F)P(=O)(O)O. The fraction of sp³-hybridized carbons (Fsp3) is 1.00. The van der Waals surface area contributed by atoms with Gasteiger partial charge in [0.2, 0.25) is 0 Å². The van der Waals surface area contributed by atoms with E-state index in [9.17, 15) is 44.1 Å². The zero-order valence-corrected chi connectivity index (χ0v) is 9.62. The summed E-state index contributed by atoms with van der Waals surface area (Å²) in [5.41, 5.74) is -6.80. The summed E-state index contributed by atoms with van der Waals surface area (Å²) in [5, 5.41) is 0. The van der Waals surface area contributed by atoms with Crippen molar-refractivity contribution in [3.63, 3.8) is 0 Å². The Labute approximate surface area is 99.1 Å². The van der Waals surface area contributed by atoms with E-state index in [1.807, 2.05) is 0 Å². The van der Waals surface area contributed by atoms with Crippen molar-refractivity contribution in [2.45, 2.75) is 36.5 Å². The van der Waals surface area contributed by atoms with E-state index in [1.165, 1.54) is 0 Å². The molecule has 0 aromatic carbocycles. The normalized spacial score (nSPS) is 17.5. The van der Waals surface area contributed by atoms with Crippen LogP contribution in [0.5, 0.6) is 0 Å². The molecule has 0 aliphatic rings. The molecule has 0 radical (unpaired) electrons. The minimum absolute atomic E-state index is 0.306. The molecule has 2 N–H and O–H groups in total. The maximum Gasteiger partial charge on any atom is 0.413 e. The van der Waals surface area contributed by atoms with Gasteiger partial charge in [0.1, 0.15) is 0 Å². The monoisotopic (exact) mass is 328 g/mol. The Morgan fingerprint density at radius 1 is 0.895 bits per heavy atom. The van der Waals surface area contributed by atoms with E-state index in [0.29, 0.717) is 0 Å². The summed E-state index contributed by atoms with van der Waals surface area (Å²) >= 11 is 0. The molecular weight excluding hydrogens is 322 g/mol. The summed E-state index contributed by atoms with van der Waals surface area (Å²) in [7, 11) is -7.21. The lowest BCUT2D eigenvalue weighted by Crippen LogP contribution is -2.64. The molecule has 0 aromatic heterocycles. The smallest absolute Gasteiger partial charge is 0.320 e. The van der Waals surface area contributed by atoms with Gasteiger partial charge < -0.3 is 9.79 Å². The van der Waals surface area contributed by atoms with Crippen LogP contribution in [0.4, 0.5) is 39.5 Å². The zero-order chi connectivity index (χ0) is 16.1. The average Bonchev–Trinajstić information content (AvgIpc) is 2.14. The van der Waals surface area contributed by atoms with Crippen molar-refractivity contribution in [1.29, 1.82) is 0 Å². The lowest BCUT2D eigenvalue weighted by atomic mass is 10.0. The Kier molecular flexibility index (Phi) is 4.41. The second-order valence-corrected chi connectivity index (χ2v) is 5.12. The first kappa shape index (κ1) is 18.5. The lowest BCUT2D eigenvalue weighted by Gasteiger charge is -2.37. The van der Waals surface area contributed by atoms with E-state index in [4.69, 9.17) is 9.79 Å². The maximum atomic E-state index is 12.7. The molecule has 1 unspecified atom stereocenters. The molecule has 0 heterocycles. The van der Waals surface area contributed by atoms with E-state index < -0.39 is 37.2 Å². The van der Waals surface area contributed by atoms with Crippen LogP contribution in [-0.2, 0) is 4.57 Å². The number of halogens is 9. The molecule has 13 heteroatoms. The molecular formula is C6H6F9O3P. The van der Waals surface area contributed by atoms with Gasteiger partial charge in [-0.1, -0.05) is 0 Å². The Hall–Kier alpha value is -0.480. The van der Waals surface area contributed by atoms with Crippen LogP contribution >= 0.6 is 7.60 Å². The van der Waals surface area contributed by atoms with Gasteiger partial charge in [0.25, 0.3) is 0 Å². The number of hydrogen-bond acceptors (Lipinski definition) is 1. The van der Waals surface area contributed by atoms with E-state index in [-0.39, 0.29) is 6.92 Å². The van der Waals surface area contributed by atoms with Crippen molar-refractivity contribution in [3.8, 4) is 0 Å². The van der Waals surface area contributed by atoms with Crippen molar-refractivity contribution in [2.24, 2.45) is 0 Å². The molecule has 0 bridgehead atoms. The summed E-state index contributed by atoms with van der Waals surface area (Å²) in [6.07, 6.45) is -3.97. The fourth-order valence-corrected chi connectivity index (χ4v) is 1.34. The van der Waals surface area contributed by atoms with E-state index >= 15 is 0 Å². The molecule has 3 nitrogen and oxygen atoms in total. The highest BCUT2D eigenvalue weighted by Crippen LogP contribution is 2.65. The maximum absolute atomic E-state index is 12.7. The van der Waals surface area contributed by atoms with Crippen LogP contribution in [0.2, 0.25) is 0 Å². The molecule has 0 saturated carbocycles. The van der Waals surface area contributed by atoms with Crippen LogP contribution < -0.4 is 0 Å². The molecule has 116 valence electrons. The van der Waals surface area contributed by atoms with Gasteiger partial charge in [0, 0.05) is 0 Å². The van der Waals surface area contributed by atoms with Gasteiger partial charge in [-0.2, -0.15) is 35.1 Å². The van der Waals surface area contributed by atoms with Gasteiger partial charge >= 0.3 is 31.0 Å². The third-order valence-corrected chi connectivity index (χ3v) is 3.07. The van der Waals surface area contributed by atoms with Gasteiger partial charge in [0.05, 0.1) is 0 Å². The van der Waals surface area contributed by atoms with E-state index in [1.54, 1.807) is 0 Å². The Morgan fingerprint density at radius 2 is 1.21 bits per heavy atom. The van der Waals surface area contributed by atoms with Crippen LogP contribution in [0.25, 0.3) is 0 Å². The first-order valence-corrected chi connectivity index (χ1v) is 5.76. The minimum atomic E-state index is -7.21. The predicted molar refractivity (Wildman–Crippen MR) is 42.4 cm³/mol. The number of hydrogen-bond donors (Lipinski definition) is 2. The zero-order valence-electron chi connectivity index (χ0n) is 8.73. The molecule has 0 aliphatic heterocycles. The Morgan fingerprint density at radius 3 is 1.42 bits per heavy atom. The van der Waals surface area contributed by atoms with Gasteiger partial charge in [0.15, 0.2) is 6.17 Å². The van der Waals surface area contributed by atoms with Crippen molar-refractivity contribution in [2.75, 3.05) is 0 Å². The van der Waals surface area contributed by atoms with Gasteiger partial charge in [-0.15, -0.1) is 0 Å². The van der Waals surface area contributed by atoms with Crippen LogP contribution in [0.15, 0.2) is 0 Å². The van der Waals surface area contributed by atoms with Crippen molar-refractivity contribution in [3.05, 3.63) is 0 Å². The van der Waals surface area contributed by atoms with E-state index in [0.717, 1.165) is 0 Å². The topological polar surface area (TPSA) is 57.5 Å². The highest BCUT2D eigenvalue weighted by atomic mass is 31.2. The number of rotatable bonds is 5. The Bertz CT molecular complexity index is 387. The predicted octanol–water partition coefficient (Wildman–Crippen LogP) is 3.02. The molecule has 0 amide bonds. The van der Waals surface area contributed by atoms with Crippen molar-refractivity contribution < 1.29 is 53.9 Å². The van der Waals surface area contributed by atoms with Crippen LogP contribution in [0.3, 0.4) is 0 Å². The van der Waals surface area contributed by atoms with Gasteiger partial charge in [-0.3, -0.25) is 4.57 Å².